The van der Waals surface area contributed by atoms with E-state index in [1.165, 1.54) is 13.2 Å². The predicted molar refractivity (Wildman–Crippen MR) is 137 cm³/mol. The minimum Gasteiger partial charge on any atom is -0.468 e. The summed E-state index contributed by atoms with van der Waals surface area (Å²) in [5.74, 6) is -1.05. The van der Waals surface area contributed by atoms with Crippen LogP contribution in [0.15, 0.2) is 65.1 Å². The molecule has 2 aromatic rings. The Bertz CT molecular complexity index is 1200. The van der Waals surface area contributed by atoms with Crippen LogP contribution in [0.2, 0.25) is 5.02 Å². The summed E-state index contributed by atoms with van der Waals surface area (Å²) in [5, 5.41) is -0.0798. The molecule has 1 aliphatic heterocycles. The SMILES string of the molecule is CCOC(=O)C=C1CN(C(C(=O)OC)c2ccccc2Cl)CCC1SS(=O)(=O)c1ccc(C)cc1. The fourth-order valence-electron chi connectivity index (χ4n) is 3.88. The van der Waals surface area contributed by atoms with E-state index in [9.17, 15) is 18.0 Å². The number of ether oxygens (including phenoxy) is 2. The van der Waals surface area contributed by atoms with Crippen molar-refractivity contribution in [2.45, 2.75) is 36.5 Å². The fraction of sp³-hybridized carbons (Fsp3) is 0.360. The second-order valence-corrected chi connectivity index (χ2v) is 12.5. The number of hydrogen-bond donors (Lipinski definition) is 0. The summed E-state index contributed by atoms with van der Waals surface area (Å²) in [5.41, 5.74) is 2.09. The van der Waals surface area contributed by atoms with Gasteiger partial charge in [-0.3, -0.25) is 4.90 Å². The van der Waals surface area contributed by atoms with Gasteiger partial charge in [0.15, 0.2) is 0 Å². The maximum absolute atomic E-state index is 13.1. The van der Waals surface area contributed by atoms with Gasteiger partial charge in [-0.25, -0.2) is 18.0 Å². The Morgan fingerprint density at radius 2 is 1.89 bits per heavy atom. The van der Waals surface area contributed by atoms with Crippen molar-refractivity contribution >= 4 is 43.2 Å². The van der Waals surface area contributed by atoms with E-state index in [4.69, 9.17) is 21.1 Å². The maximum atomic E-state index is 13.1. The highest BCUT2D eigenvalue weighted by atomic mass is 35.5. The summed E-state index contributed by atoms with van der Waals surface area (Å²) >= 11 is 6.39. The quantitative estimate of drug-likeness (QED) is 0.275. The zero-order chi connectivity index (χ0) is 25.6. The zero-order valence-electron chi connectivity index (χ0n) is 19.8. The van der Waals surface area contributed by atoms with Crippen LogP contribution >= 0.6 is 22.4 Å². The summed E-state index contributed by atoms with van der Waals surface area (Å²) in [6.07, 6.45) is 1.72. The number of piperidine rings is 1. The molecule has 0 aromatic heterocycles. The van der Waals surface area contributed by atoms with Gasteiger partial charge >= 0.3 is 11.9 Å². The van der Waals surface area contributed by atoms with Crippen molar-refractivity contribution in [3.8, 4) is 0 Å². The Morgan fingerprint density at radius 3 is 2.51 bits per heavy atom. The maximum Gasteiger partial charge on any atom is 0.330 e. The number of methoxy groups -OCH3 is 1. The summed E-state index contributed by atoms with van der Waals surface area (Å²) in [7, 11) is -1.57. The molecule has 0 saturated carbocycles. The molecule has 35 heavy (non-hydrogen) atoms. The normalized spacial score (nSPS) is 18.7. The molecule has 2 unspecified atom stereocenters. The number of benzene rings is 2. The van der Waals surface area contributed by atoms with Gasteiger partial charge in [0.25, 0.3) is 0 Å². The van der Waals surface area contributed by atoms with Gasteiger partial charge in [0, 0.05) is 29.4 Å². The van der Waals surface area contributed by atoms with Crippen molar-refractivity contribution in [2.24, 2.45) is 0 Å². The van der Waals surface area contributed by atoms with Gasteiger partial charge in [-0.1, -0.05) is 47.5 Å². The molecule has 2 atom stereocenters. The van der Waals surface area contributed by atoms with E-state index in [2.05, 4.69) is 0 Å². The molecular weight excluding hydrogens is 510 g/mol. The van der Waals surface area contributed by atoms with E-state index in [0.29, 0.717) is 29.1 Å². The monoisotopic (exact) mass is 537 g/mol. The van der Waals surface area contributed by atoms with E-state index in [1.54, 1.807) is 55.5 Å². The average molecular weight is 538 g/mol. The summed E-state index contributed by atoms with van der Waals surface area (Å²) in [6, 6.07) is 12.8. The number of halogens is 1. The van der Waals surface area contributed by atoms with E-state index < -0.39 is 32.1 Å². The third kappa shape index (κ3) is 6.88. The summed E-state index contributed by atoms with van der Waals surface area (Å²) in [6.45, 7) is 4.34. The van der Waals surface area contributed by atoms with Crippen molar-refractivity contribution in [1.82, 2.24) is 4.90 Å². The molecule has 0 bridgehead atoms. The van der Waals surface area contributed by atoms with Crippen LogP contribution in [-0.4, -0.2) is 57.3 Å². The van der Waals surface area contributed by atoms with Crippen molar-refractivity contribution in [3.63, 3.8) is 0 Å². The van der Waals surface area contributed by atoms with Crippen LogP contribution in [0.3, 0.4) is 0 Å². The highest BCUT2D eigenvalue weighted by Crippen LogP contribution is 2.39. The average Bonchev–Trinajstić information content (AvgIpc) is 2.82. The molecule has 3 rings (SSSR count). The number of nitrogens with zero attached hydrogens (tertiary/aromatic N) is 1. The largest absolute Gasteiger partial charge is 0.468 e. The van der Waals surface area contributed by atoms with E-state index in [-0.39, 0.29) is 18.0 Å². The Labute approximate surface area is 214 Å². The molecule has 7 nitrogen and oxygen atoms in total. The molecule has 0 aliphatic carbocycles. The molecule has 1 heterocycles. The number of esters is 2. The third-order valence-corrected chi connectivity index (χ3v) is 9.86. The van der Waals surface area contributed by atoms with Gasteiger partial charge in [-0.2, -0.15) is 0 Å². The Balaban J connectivity index is 1.93. The second-order valence-electron chi connectivity index (χ2n) is 8.03. The highest BCUT2D eigenvalue weighted by molar-refractivity contribution is 8.72. The number of rotatable bonds is 8. The van der Waals surface area contributed by atoms with Crippen LogP contribution < -0.4 is 0 Å². The number of aryl methyl sites for hydroxylation is 1. The lowest BCUT2D eigenvalue weighted by Gasteiger charge is -2.37. The first-order chi connectivity index (χ1) is 16.7. The van der Waals surface area contributed by atoms with Crippen molar-refractivity contribution in [3.05, 3.63) is 76.3 Å². The number of carbonyl (C=O) groups is 2. The summed E-state index contributed by atoms with van der Waals surface area (Å²) < 4.78 is 36.4. The van der Waals surface area contributed by atoms with E-state index in [0.717, 1.165) is 16.4 Å². The van der Waals surface area contributed by atoms with Crippen LogP contribution in [0, 0.1) is 6.92 Å². The van der Waals surface area contributed by atoms with Crippen LogP contribution in [-0.2, 0) is 27.9 Å². The first kappa shape index (κ1) is 27.3. The van der Waals surface area contributed by atoms with Crippen molar-refractivity contribution in [1.29, 1.82) is 0 Å². The molecular formula is C25H28ClNO6S2. The van der Waals surface area contributed by atoms with Gasteiger partial charge in [-0.15, -0.1) is 0 Å². The molecule has 0 amide bonds. The van der Waals surface area contributed by atoms with Gasteiger partial charge < -0.3 is 9.47 Å². The van der Waals surface area contributed by atoms with Gasteiger partial charge in [0.1, 0.15) is 6.04 Å². The molecule has 2 aromatic carbocycles. The molecule has 10 heteroatoms. The second kappa shape index (κ2) is 12.1. The number of likely N-dealkylation sites (tertiary alicyclic amines) is 1. The lowest BCUT2D eigenvalue weighted by atomic mass is 9.98. The molecule has 1 aliphatic rings. The van der Waals surface area contributed by atoms with Crippen LogP contribution in [0.25, 0.3) is 0 Å². The van der Waals surface area contributed by atoms with Crippen molar-refractivity contribution < 1.29 is 27.5 Å². The van der Waals surface area contributed by atoms with Crippen LogP contribution in [0.1, 0.15) is 30.5 Å². The molecule has 0 N–H and O–H groups in total. The van der Waals surface area contributed by atoms with Crippen LogP contribution in [0.5, 0.6) is 0 Å². The molecule has 188 valence electrons. The lowest BCUT2D eigenvalue weighted by Crippen LogP contribution is -2.43. The zero-order valence-corrected chi connectivity index (χ0v) is 22.2. The smallest absolute Gasteiger partial charge is 0.330 e. The predicted octanol–water partition coefficient (Wildman–Crippen LogP) is 4.55. The van der Waals surface area contributed by atoms with E-state index >= 15 is 0 Å². The molecule has 1 fully saturated rings. The van der Waals surface area contributed by atoms with Crippen LogP contribution in [0.4, 0.5) is 0 Å². The Morgan fingerprint density at radius 1 is 1.20 bits per heavy atom. The van der Waals surface area contributed by atoms with Gasteiger partial charge in [0.2, 0.25) is 8.87 Å². The number of hydrogen-bond acceptors (Lipinski definition) is 8. The minimum atomic E-state index is -3.68. The summed E-state index contributed by atoms with van der Waals surface area (Å²) in [4.78, 5) is 27.2. The standard InChI is InChI=1S/C25H28ClNO6S2/c1-4-33-23(28)15-18-16-27(24(25(29)32-3)20-7-5-6-8-21(20)26)14-13-22(18)34-35(30,31)19-11-9-17(2)10-12-19/h5-12,15,22,24H,4,13-14,16H2,1-3H3. The van der Waals surface area contributed by atoms with Gasteiger partial charge in [-0.05, 0) is 60.4 Å². The Kier molecular flexibility index (Phi) is 9.40. The molecule has 0 radical (unpaired) electrons. The van der Waals surface area contributed by atoms with Crippen molar-refractivity contribution in [2.75, 3.05) is 26.8 Å². The number of carbonyl (C=O) groups excluding carboxylic acids is 2. The Hall–Kier alpha value is -2.33. The van der Waals surface area contributed by atoms with E-state index in [1.807, 2.05) is 11.8 Å². The third-order valence-electron chi connectivity index (χ3n) is 5.61. The first-order valence-electron chi connectivity index (χ1n) is 11.1. The topological polar surface area (TPSA) is 90.0 Å². The fourth-order valence-corrected chi connectivity index (χ4v) is 7.72. The first-order valence-corrected chi connectivity index (χ1v) is 14.4. The lowest BCUT2D eigenvalue weighted by molar-refractivity contribution is -0.147. The van der Waals surface area contributed by atoms with Gasteiger partial charge in [0.05, 0.1) is 18.6 Å². The molecule has 0 spiro atoms. The minimum absolute atomic E-state index is 0.172. The molecule has 1 saturated heterocycles. The highest BCUT2D eigenvalue weighted by Gasteiger charge is 2.37.